The maximum atomic E-state index is 13.2. The molecule has 0 fully saturated rings. The van der Waals surface area contributed by atoms with Crippen LogP contribution in [-0.2, 0) is 9.53 Å². The third kappa shape index (κ3) is 7.46. The average Bonchev–Trinajstić information content (AvgIpc) is 3.52. The van der Waals surface area contributed by atoms with Crippen molar-refractivity contribution in [1.29, 1.82) is 0 Å². The highest BCUT2D eigenvalue weighted by molar-refractivity contribution is 6.30. The van der Waals surface area contributed by atoms with Gasteiger partial charge in [-0.2, -0.15) is 4.68 Å². The van der Waals surface area contributed by atoms with Crippen molar-refractivity contribution in [3.63, 3.8) is 0 Å². The molecule has 43 heavy (non-hydrogen) atoms. The molecule has 0 saturated carbocycles. The average molecular weight is 603 g/mol. The Kier molecular flexibility index (Phi) is 9.16. The van der Waals surface area contributed by atoms with Gasteiger partial charge in [-0.3, -0.25) is 14.9 Å². The molecule has 2 bridgehead atoms. The van der Waals surface area contributed by atoms with E-state index < -0.39 is 12.1 Å². The number of aromatic amines is 1. The molecule has 3 heterocycles. The Hall–Kier alpha value is -4.97. The zero-order valence-corrected chi connectivity index (χ0v) is 24.4. The first-order valence-corrected chi connectivity index (χ1v) is 14.2. The quantitative estimate of drug-likeness (QED) is 0.230. The Labute approximate surface area is 252 Å². The molecule has 12 nitrogen and oxygen atoms in total. The van der Waals surface area contributed by atoms with Crippen LogP contribution >= 0.6 is 11.6 Å². The Morgan fingerprint density at radius 2 is 1.95 bits per heavy atom. The summed E-state index contributed by atoms with van der Waals surface area (Å²) >= 11 is 6.21. The van der Waals surface area contributed by atoms with Gasteiger partial charge in [0.05, 0.1) is 18.8 Å². The Balaban J connectivity index is 1.45. The lowest BCUT2D eigenvalue weighted by Crippen LogP contribution is -2.29. The molecule has 1 aliphatic heterocycles. The number of halogens is 1. The summed E-state index contributed by atoms with van der Waals surface area (Å²) in [5.41, 5.74) is 4.41. The predicted molar refractivity (Wildman–Crippen MR) is 164 cm³/mol. The van der Waals surface area contributed by atoms with E-state index in [1.54, 1.807) is 30.3 Å². The van der Waals surface area contributed by atoms with Crippen molar-refractivity contribution in [3.05, 3.63) is 87.6 Å². The van der Waals surface area contributed by atoms with Gasteiger partial charge in [0, 0.05) is 51.4 Å². The SMILES string of the molecule is COC(=O)Nc1ccc2c(c1)NC(C)CCCCC(NC(=O)/C=C/c1cc(Cl)ccc1-n1cnnn1)c1cc-2cc(=O)[nH]1. The molecule has 222 valence electrons. The molecule has 1 aliphatic rings. The summed E-state index contributed by atoms with van der Waals surface area (Å²) < 4.78 is 6.21. The van der Waals surface area contributed by atoms with Gasteiger partial charge in [-0.1, -0.05) is 30.5 Å². The Morgan fingerprint density at radius 1 is 1.12 bits per heavy atom. The first kappa shape index (κ1) is 29.5. The molecule has 0 aliphatic carbocycles. The minimum Gasteiger partial charge on any atom is -0.453 e. The number of anilines is 2. The number of nitrogens with zero attached hydrogens (tertiary/aromatic N) is 4. The molecule has 2 aromatic carbocycles. The van der Waals surface area contributed by atoms with Crippen molar-refractivity contribution in [3.8, 4) is 16.8 Å². The summed E-state index contributed by atoms with van der Waals surface area (Å²) in [7, 11) is 1.30. The summed E-state index contributed by atoms with van der Waals surface area (Å²) in [6, 6.07) is 13.7. The van der Waals surface area contributed by atoms with Crippen molar-refractivity contribution < 1.29 is 14.3 Å². The van der Waals surface area contributed by atoms with Gasteiger partial charge in [0.25, 0.3) is 0 Å². The molecule has 5 rings (SSSR count). The number of benzene rings is 2. The highest BCUT2D eigenvalue weighted by Gasteiger charge is 2.19. The van der Waals surface area contributed by atoms with Crippen LogP contribution in [0.4, 0.5) is 16.2 Å². The molecular formula is C30H31ClN8O4. The highest BCUT2D eigenvalue weighted by atomic mass is 35.5. The van der Waals surface area contributed by atoms with Crippen LogP contribution in [0.5, 0.6) is 0 Å². The minimum absolute atomic E-state index is 0.121. The number of nitrogens with one attached hydrogen (secondary N) is 4. The standard InChI is InChI=1S/C30H31ClN8O4/c1-18-5-3-4-6-24(35-28(40)12-7-19-13-21(31)8-11-27(19)39-17-32-37-38-39)26-14-20(15-29(41)36-26)23-10-9-22(16-25(23)33-18)34-30(42)43-2/h7-18,24,33H,3-6H2,1-2H3,(H,34,42)(H,35,40)(H,36,41)/b12-7+. The number of tetrazole rings is 1. The number of H-pyrrole nitrogens is 1. The van der Waals surface area contributed by atoms with Crippen LogP contribution in [0.25, 0.3) is 22.9 Å². The van der Waals surface area contributed by atoms with Gasteiger partial charge in [0.15, 0.2) is 0 Å². The van der Waals surface area contributed by atoms with Crippen LogP contribution in [0.2, 0.25) is 5.02 Å². The zero-order valence-electron chi connectivity index (χ0n) is 23.6. The first-order chi connectivity index (χ1) is 20.8. The molecule has 4 N–H and O–H groups in total. The molecule has 4 aromatic rings. The molecule has 0 radical (unpaired) electrons. The largest absolute Gasteiger partial charge is 0.453 e. The number of fused-ring (bicyclic) bond motifs is 4. The van der Waals surface area contributed by atoms with Crippen molar-refractivity contribution in [2.24, 2.45) is 0 Å². The van der Waals surface area contributed by atoms with Crippen molar-refractivity contribution >= 4 is 41.1 Å². The summed E-state index contributed by atoms with van der Waals surface area (Å²) in [4.78, 5) is 40.8. The monoisotopic (exact) mass is 602 g/mol. The molecule has 2 aromatic heterocycles. The van der Waals surface area contributed by atoms with E-state index in [4.69, 9.17) is 16.3 Å². The fourth-order valence-corrected chi connectivity index (χ4v) is 5.22. The summed E-state index contributed by atoms with van der Waals surface area (Å²) in [5, 5.41) is 21.1. The molecule has 2 unspecified atom stereocenters. The minimum atomic E-state index is -0.575. The van der Waals surface area contributed by atoms with Gasteiger partial charge < -0.3 is 20.4 Å². The second-order valence-corrected chi connectivity index (χ2v) is 10.7. The number of hydrogen-bond acceptors (Lipinski definition) is 8. The fourth-order valence-electron chi connectivity index (χ4n) is 5.04. The number of ether oxygens (including phenoxy) is 1. The van der Waals surface area contributed by atoms with E-state index in [9.17, 15) is 14.4 Å². The summed E-state index contributed by atoms with van der Waals surface area (Å²) in [6.07, 6.45) is 7.19. The molecule has 13 heteroatoms. The number of methoxy groups -OCH3 is 1. The topological polar surface area (TPSA) is 156 Å². The smallest absolute Gasteiger partial charge is 0.411 e. The van der Waals surface area contributed by atoms with Crippen LogP contribution in [0, 0.1) is 0 Å². The molecular weight excluding hydrogens is 572 g/mol. The van der Waals surface area contributed by atoms with E-state index in [-0.39, 0.29) is 17.5 Å². The second-order valence-electron chi connectivity index (χ2n) is 10.2. The van der Waals surface area contributed by atoms with Gasteiger partial charge in [0.2, 0.25) is 11.5 Å². The third-order valence-electron chi connectivity index (χ3n) is 7.10. The van der Waals surface area contributed by atoms with Crippen LogP contribution in [0.1, 0.15) is 49.9 Å². The van der Waals surface area contributed by atoms with Gasteiger partial charge in [-0.05, 0) is 78.2 Å². The van der Waals surface area contributed by atoms with E-state index in [1.165, 1.54) is 30.3 Å². The summed E-state index contributed by atoms with van der Waals surface area (Å²) in [5.74, 6) is -0.333. The maximum Gasteiger partial charge on any atom is 0.411 e. The first-order valence-electron chi connectivity index (χ1n) is 13.8. The number of rotatable bonds is 5. The van der Waals surface area contributed by atoms with Crippen LogP contribution in [0.15, 0.2) is 65.7 Å². The normalized spacial score (nSPS) is 16.7. The van der Waals surface area contributed by atoms with E-state index >= 15 is 0 Å². The molecule has 2 atom stereocenters. The molecule has 0 saturated heterocycles. The third-order valence-corrected chi connectivity index (χ3v) is 7.34. The lowest BCUT2D eigenvalue weighted by molar-refractivity contribution is -0.117. The van der Waals surface area contributed by atoms with E-state index in [2.05, 4.69) is 43.4 Å². The van der Waals surface area contributed by atoms with Gasteiger partial charge in [0.1, 0.15) is 6.33 Å². The van der Waals surface area contributed by atoms with Crippen molar-refractivity contribution in [2.75, 3.05) is 17.7 Å². The Bertz CT molecular complexity index is 1700. The van der Waals surface area contributed by atoms with Crippen molar-refractivity contribution in [1.82, 2.24) is 30.5 Å². The predicted octanol–water partition coefficient (Wildman–Crippen LogP) is 5.09. The van der Waals surface area contributed by atoms with Gasteiger partial charge in [-0.15, -0.1) is 5.10 Å². The van der Waals surface area contributed by atoms with E-state index in [0.717, 1.165) is 30.5 Å². The number of pyridine rings is 1. The van der Waals surface area contributed by atoms with E-state index in [0.29, 0.717) is 39.6 Å². The lowest BCUT2D eigenvalue weighted by atomic mass is 9.97. The van der Waals surface area contributed by atoms with Gasteiger partial charge in [-0.25, -0.2) is 4.79 Å². The number of carbonyl (C=O) groups is 2. The lowest BCUT2D eigenvalue weighted by Gasteiger charge is -2.23. The van der Waals surface area contributed by atoms with Crippen LogP contribution in [0.3, 0.4) is 0 Å². The number of amides is 2. The second kappa shape index (κ2) is 13.3. The highest BCUT2D eigenvalue weighted by Crippen LogP contribution is 2.33. The number of carbonyl (C=O) groups excluding carboxylic acids is 2. The molecule has 2 amide bonds. The van der Waals surface area contributed by atoms with Gasteiger partial charge >= 0.3 is 6.09 Å². The van der Waals surface area contributed by atoms with Crippen LogP contribution < -0.4 is 21.5 Å². The van der Waals surface area contributed by atoms with Crippen LogP contribution in [-0.4, -0.2) is 50.3 Å². The fraction of sp³-hybridized carbons (Fsp3) is 0.267. The van der Waals surface area contributed by atoms with Crippen molar-refractivity contribution in [2.45, 2.75) is 44.7 Å². The summed E-state index contributed by atoms with van der Waals surface area (Å²) in [6.45, 7) is 2.09. The zero-order chi connectivity index (χ0) is 30.3. The maximum absolute atomic E-state index is 13.2. The molecule has 0 spiro atoms. The number of aromatic nitrogens is 5. The number of hydrogen-bond donors (Lipinski definition) is 4. The Morgan fingerprint density at radius 3 is 2.74 bits per heavy atom. The van der Waals surface area contributed by atoms with E-state index in [1.807, 2.05) is 18.2 Å².